The maximum Gasteiger partial charge on any atom is 0.261 e. The molecule has 5 nitrogen and oxygen atoms in total. The molecule has 0 bridgehead atoms. The quantitative estimate of drug-likeness (QED) is 0.714. The molecular formula is C22H25N3O2S. The summed E-state index contributed by atoms with van der Waals surface area (Å²) in [6, 6.07) is 8.17. The van der Waals surface area contributed by atoms with Crippen molar-refractivity contribution < 1.29 is 9.53 Å². The van der Waals surface area contributed by atoms with E-state index in [0.29, 0.717) is 0 Å². The van der Waals surface area contributed by atoms with Gasteiger partial charge in [-0.05, 0) is 74.6 Å². The predicted molar refractivity (Wildman–Crippen MR) is 112 cm³/mol. The molecule has 1 amide bonds. The largest absolute Gasteiger partial charge is 0.497 e. The average Bonchev–Trinajstić information content (AvgIpc) is 3.22. The summed E-state index contributed by atoms with van der Waals surface area (Å²) in [7, 11) is 3.62. The summed E-state index contributed by atoms with van der Waals surface area (Å²) in [5.41, 5.74) is 6.90. The number of benzene rings is 1. The Morgan fingerprint density at radius 2 is 2.00 bits per heavy atom. The van der Waals surface area contributed by atoms with E-state index in [1.807, 2.05) is 38.6 Å². The number of rotatable bonds is 4. The molecule has 1 aliphatic rings. The fourth-order valence-electron chi connectivity index (χ4n) is 4.11. The lowest BCUT2D eigenvalue weighted by Gasteiger charge is -2.16. The highest BCUT2D eigenvalue weighted by Gasteiger charge is 2.24. The minimum atomic E-state index is -0.0862. The maximum absolute atomic E-state index is 12.9. The van der Waals surface area contributed by atoms with Gasteiger partial charge in [-0.25, -0.2) is 0 Å². The van der Waals surface area contributed by atoms with E-state index in [4.69, 9.17) is 4.74 Å². The van der Waals surface area contributed by atoms with Crippen LogP contribution in [0.15, 0.2) is 24.3 Å². The molecule has 1 aromatic carbocycles. The highest BCUT2D eigenvalue weighted by Crippen LogP contribution is 2.41. The number of aromatic nitrogens is 2. The van der Waals surface area contributed by atoms with Crippen molar-refractivity contribution in [1.82, 2.24) is 15.1 Å². The van der Waals surface area contributed by atoms with Gasteiger partial charge < -0.3 is 10.1 Å². The van der Waals surface area contributed by atoms with Crippen LogP contribution in [0.1, 0.15) is 50.7 Å². The van der Waals surface area contributed by atoms with Gasteiger partial charge in [0.05, 0.1) is 23.7 Å². The van der Waals surface area contributed by atoms with Gasteiger partial charge in [0.1, 0.15) is 5.75 Å². The van der Waals surface area contributed by atoms with Gasteiger partial charge in [-0.3, -0.25) is 9.48 Å². The number of thiophene rings is 1. The molecule has 0 saturated heterocycles. The molecule has 2 aromatic heterocycles. The van der Waals surface area contributed by atoms with Crippen molar-refractivity contribution >= 4 is 17.2 Å². The van der Waals surface area contributed by atoms with E-state index in [0.717, 1.165) is 40.4 Å². The van der Waals surface area contributed by atoms with E-state index in [1.165, 1.54) is 21.6 Å². The molecule has 0 unspecified atom stereocenters. The van der Waals surface area contributed by atoms with Crippen LogP contribution in [0.4, 0.5) is 0 Å². The van der Waals surface area contributed by atoms with Crippen molar-refractivity contribution in [2.75, 3.05) is 7.11 Å². The van der Waals surface area contributed by atoms with E-state index < -0.39 is 0 Å². The molecule has 0 radical (unpaired) electrons. The molecule has 0 fully saturated rings. The molecule has 4 rings (SSSR count). The van der Waals surface area contributed by atoms with Crippen molar-refractivity contribution in [1.29, 1.82) is 0 Å². The van der Waals surface area contributed by atoms with Crippen LogP contribution in [0.2, 0.25) is 0 Å². The maximum atomic E-state index is 12.9. The van der Waals surface area contributed by atoms with E-state index in [1.54, 1.807) is 18.4 Å². The van der Waals surface area contributed by atoms with Crippen molar-refractivity contribution in [3.05, 3.63) is 57.2 Å². The molecule has 1 atom stereocenters. The Balaban J connectivity index is 1.59. The number of nitrogens with zero attached hydrogens (tertiary/aromatic N) is 2. The highest BCUT2D eigenvalue weighted by atomic mass is 32.1. The van der Waals surface area contributed by atoms with Gasteiger partial charge in [0, 0.05) is 23.2 Å². The van der Waals surface area contributed by atoms with Crippen molar-refractivity contribution in [3.8, 4) is 16.2 Å². The van der Waals surface area contributed by atoms with Crippen LogP contribution in [-0.2, 0) is 19.9 Å². The lowest BCUT2D eigenvalue weighted by Crippen LogP contribution is -2.26. The molecule has 0 aliphatic heterocycles. The van der Waals surface area contributed by atoms with Gasteiger partial charge in [-0.2, -0.15) is 5.10 Å². The number of carbonyl (C=O) groups excluding carboxylic acids is 1. The average molecular weight is 396 g/mol. The first-order chi connectivity index (χ1) is 13.4. The van der Waals surface area contributed by atoms with Crippen LogP contribution in [0.5, 0.6) is 5.75 Å². The zero-order valence-electron chi connectivity index (χ0n) is 16.9. The first kappa shape index (κ1) is 18.7. The molecular weight excluding hydrogens is 370 g/mol. The minimum Gasteiger partial charge on any atom is -0.497 e. The third-order valence-corrected chi connectivity index (χ3v) is 6.81. The Bertz CT molecular complexity index is 1060. The number of methoxy groups -OCH3 is 1. The normalized spacial score (nSPS) is 13.6. The van der Waals surface area contributed by atoms with Crippen LogP contribution in [0.25, 0.3) is 10.4 Å². The Morgan fingerprint density at radius 3 is 2.68 bits per heavy atom. The summed E-state index contributed by atoms with van der Waals surface area (Å²) in [4.78, 5) is 14.9. The Hall–Kier alpha value is -2.60. The Labute approximate surface area is 169 Å². The molecule has 1 N–H and O–H groups in total. The summed E-state index contributed by atoms with van der Waals surface area (Å²) >= 11 is 1.58. The second-order valence-electron chi connectivity index (χ2n) is 7.39. The monoisotopic (exact) mass is 395 g/mol. The Morgan fingerprint density at radius 1 is 1.25 bits per heavy atom. The fourth-order valence-corrected chi connectivity index (χ4v) is 5.28. The van der Waals surface area contributed by atoms with Crippen molar-refractivity contribution in [2.24, 2.45) is 7.05 Å². The van der Waals surface area contributed by atoms with Gasteiger partial charge in [0.25, 0.3) is 5.91 Å². The van der Waals surface area contributed by atoms with E-state index >= 15 is 0 Å². The number of aryl methyl sites for hydroxylation is 4. The topological polar surface area (TPSA) is 56.1 Å². The second-order valence-corrected chi connectivity index (χ2v) is 8.44. The molecule has 0 spiro atoms. The summed E-state index contributed by atoms with van der Waals surface area (Å²) in [5.74, 6) is 0.859. The SMILES string of the molecule is COc1ccc2c(c1)CCc1cc(C(=O)N[C@@H](C)c3c(C)nn(C)c3C)sc1-2. The number of nitrogens with one attached hydrogen (secondary N) is 1. The van der Waals surface area contributed by atoms with Gasteiger partial charge in [-0.15, -0.1) is 11.3 Å². The molecule has 1 aliphatic carbocycles. The van der Waals surface area contributed by atoms with E-state index in [-0.39, 0.29) is 11.9 Å². The number of ether oxygens (including phenoxy) is 1. The fraction of sp³-hybridized carbons (Fsp3) is 0.364. The van der Waals surface area contributed by atoms with Crippen molar-refractivity contribution in [3.63, 3.8) is 0 Å². The Kier molecular flexibility index (Phi) is 4.75. The molecule has 2 heterocycles. The lowest BCUT2D eigenvalue weighted by atomic mass is 9.91. The number of hydrogen-bond acceptors (Lipinski definition) is 4. The molecule has 28 heavy (non-hydrogen) atoms. The number of fused-ring (bicyclic) bond motifs is 3. The third kappa shape index (κ3) is 3.11. The number of amides is 1. The van der Waals surface area contributed by atoms with Gasteiger partial charge in [0.2, 0.25) is 0 Å². The van der Waals surface area contributed by atoms with Crippen molar-refractivity contribution in [2.45, 2.75) is 39.7 Å². The van der Waals surface area contributed by atoms with Crippen LogP contribution in [-0.4, -0.2) is 22.8 Å². The van der Waals surface area contributed by atoms with Gasteiger partial charge in [-0.1, -0.05) is 0 Å². The first-order valence-corrected chi connectivity index (χ1v) is 10.3. The molecule has 3 aromatic rings. The van der Waals surface area contributed by atoms with Crippen LogP contribution in [0.3, 0.4) is 0 Å². The summed E-state index contributed by atoms with van der Waals surface area (Å²) in [6.45, 7) is 6.04. The summed E-state index contributed by atoms with van der Waals surface area (Å²) < 4.78 is 7.21. The minimum absolute atomic E-state index is 0.0235. The second kappa shape index (κ2) is 7.09. The van der Waals surface area contributed by atoms with Gasteiger partial charge >= 0.3 is 0 Å². The molecule has 146 valence electrons. The summed E-state index contributed by atoms with van der Waals surface area (Å²) in [5, 5.41) is 7.62. The lowest BCUT2D eigenvalue weighted by molar-refractivity contribution is 0.0944. The number of carbonyl (C=O) groups is 1. The predicted octanol–water partition coefficient (Wildman–Crippen LogP) is 4.36. The summed E-state index contributed by atoms with van der Waals surface area (Å²) in [6.07, 6.45) is 1.93. The van der Waals surface area contributed by atoms with E-state index in [2.05, 4.69) is 28.6 Å². The highest BCUT2D eigenvalue weighted by molar-refractivity contribution is 7.17. The van der Waals surface area contributed by atoms with Crippen LogP contribution in [0, 0.1) is 13.8 Å². The molecule has 6 heteroatoms. The van der Waals surface area contributed by atoms with E-state index in [9.17, 15) is 4.79 Å². The smallest absolute Gasteiger partial charge is 0.261 e. The van der Waals surface area contributed by atoms with Gasteiger partial charge in [0.15, 0.2) is 0 Å². The first-order valence-electron chi connectivity index (χ1n) is 9.50. The van der Waals surface area contributed by atoms with Crippen LogP contribution >= 0.6 is 11.3 Å². The standard InChI is InChI=1S/C22H25N3O2S/c1-12(20-13(2)24-25(4)14(20)3)23-22(26)19-11-16-7-6-15-10-17(27-5)8-9-18(15)21(16)28-19/h8-12H,6-7H2,1-5H3,(H,23,26)/t12-/m0/s1. The van der Waals surface area contributed by atoms with Crippen LogP contribution < -0.4 is 10.1 Å². The zero-order valence-corrected chi connectivity index (χ0v) is 17.7. The zero-order chi connectivity index (χ0) is 20.0. The molecule has 0 saturated carbocycles. The number of hydrogen-bond donors (Lipinski definition) is 1. The third-order valence-electron chi connectivity index (χ3n) is 5.60.